The summed E-state index contributed by atoms with van der Waals surface area (Å²) in [6, 6.07) is 0.0784. The number of amides is 2. The zero-order valence-corrected chi connectivity index (χ0v) is 13.2. The second-order valence-corrected chi connectivity index (χ2v) is 6.86. The predicted octanol–water partition coefficient (Wildman–Crippen LogP) is 1.59. The number of hydrogen-bond donors (Lipinski definition) is 3. The summed E-state index contributed by atoms with van der Waals surface area (Å²) >= 11 is 1.90. The van der Waals surface area contributed by atoms with Crippen LogP contribution in [0.15, 0.2) is 0 Å². The summed E-state index contributed by atoms with van der Waals surface area (Å²) in [6.07, 6.45) is 6.77. The van der Waals surface area contributed by atoms with Crippen LogP contribution in [-0.4, -0.2) is 53.4 Å². The molecule has 7 heteroatoms. The number of carboxylic acid groups (broad SMARTS) is 1. The molecule has 1 aliphatic carbocycles. The molecule has 120 valence electrons. The molecule has 2 amide bonds. The summed E-state index contributed by atoms with van der Waals surface area (Å²) in [7, 11) is 0. The van der Waals surface area contributed by atoms with Gasteiger partial charge in [0, 0.05) is 17.8 Å². The van der Waals surface area contributed by atoms with Crippen LogP contribution in [0.5, 0.6) is 0 Å². The highest BCUT2D eigenvalue weighted by atomic mass is 32.2. The number of carboxylic acids is 1. The van der Waals surface area contributed by atoms with Crippen LogP contribution in [0, 0.1) is 0 Å². The van der Waals surface area contributed by atoms with Crippen LogP contribution >= 0.6 is 11.8 Å². The Morgan fingerprint density at radius 3 is 2.48 bits per heavy atom. The van der Waals surface area contributed by atoms with Crippen molar-refractivity contribution in [3.05, 3.63) is 0 Å². The first kappa shape index (κ1) is 16.4. The minimum absolute atomic E-state index is 0.176. The summed E-state index contributed by atoms with van der Waals surface area (Å²) in [5, 5.41) is 15.3. The SMILES string of the molecule is CSC1CCC(NC(=O)NCC2CCC(C(=O)O)O2)CC1. The number of hydrogen-bond acceptors (Lipinski definition) is 4. The molecule has 1 heterocycles. The molecule has 3 N–H and O–H groups in total. The molecular weight excluding hydrogens is 292 g/mol. The molecule has 2 atom stereocenters. The van der Waals surface area contributed by atoms with Crippen LogP contribution in [0.1, 0.15) is 38.5 Å². The first-order valence-electron chi connectivity index (χ1n) is 7.54. The van der Waals surface area contributed by atoms with Gasteiger partial charge in [-0.15, -0.1) is 0 Å². The lowest BCUT2D eigenvalue weighted by molar-refractivity contribution is -0.149. The van der Waals surface area contributed by atoms with Gasteiger partial charge in [-0.3, -0.25) is 0 Å². The molecular formula is C14H24N2O4S. The van der Waals surface area contributed by atoms with Gasteiger partial charge in [-0.25, -0.2) is 9.59 Å². The van der Waals surface area contributed by atoms with Crippen LogP contribution in [-0.2, 0) is 9.53 Å². The molecule has 0 radical (unpaired) electrons. The standard InChI is InChI=1S/C14H24N2O4S/c1-21-11-5-2-9(3-6-11)16-14(19)15-8-10-4-7-12(20-10)13(17)18/h9-12H,2-8H2,1H3,(H,17,18)(H2,15,16,19). The Hall–Kier alpha value is -0.950. The summed E-state index contributed by atoms with van der Waals surface area (Å²) in [5.74, 6) is -0.924. The highest BCUT2D eigenvalue weighted by molar-refractivity contribution is 7.99. The molecule has 2 unspecified atom stereocenters. The van der Waals surface area contributed by atoms with Crippen molar-refractivity contribution in [1.29, 1.82) is 0 Å². The van der Waals surface area contributed by atoms with Crippen LogP contribution in [0.3, 0.4) is 0 Å². The Morgan fingerprint density at radius 1 is 1.19 bits per heavy atom. The van der Waals surface area contributed by atoms with Gasteiger partial charge >= 0.3 is 12.0 Å². The smallest absolute Gasteiger partial charge is 0.332 e. The molecule has 0 spiro atoms. The first-order chi connectivity index (χ1) is 10.1. The molecule has 0 aromatic heterocycles. The molecule has 2 aliphatic rings. The Kier molecular flexibility index (Phi) is 6.17. The van der Waals surface area contributed by atoms with E-state index >= 15 is 0 Å². The predicted molar refractivity (Wildman–Crippen MR) is 81.6 cm³/mol. The summed E-state index contributed by atoms with van der Waals surface area (Å²) in [6.45, 7) is 0.371. The van der Waals surface area contributed by atoms with Gasteiger partial charge in [0.15, 0.2) is 6.10 Å². The van der Waals surface area contributed by atoms with Crippen molar-refractivity contribution in [3.8, 4) is 0 Å². The van der Waals surface area contributed by atoms with E-state index in [1.165, 1.54) is 0 Å². The van der Waals surface area contributed by atoms with E-state index in [0.29, 0.717) is 19.4 Å². The average Bonchev–Trinajstić information content (AvgIpc) is 2.95. The maximum Gasteiger partial charge on any atom is 0.332 e. The first-order valence-corrected chi connectivity index (χ1v) is 8.82. The molecule has 21 heavy (non-hydrogen) atoms. The lowest BCUT2D eigenvalue weighted by Crippen LogP contribution is -2.46. The zero-order chi connectivity index (χ0) is 15.2. The monoisotopic (exact) mass is 316 g/mol. The summed E-state index contributed by atoms with van der Waals surface area (Å²) in [4.78, 5) is 22.6. The fourth-order valence-corrected chi connectivity index (χ4v) is 3.67. The number of urea groups is 1. The largest absolute Gasteiger partial charge is 0.479 e. The van der Waals surface area contributed by atoms with Crippen molar-refractivity contribution < 1.29 is 19.4 Å². The van der Waals surface area contributed by atoms with Gasteiger partial charge in [-0.2, -0.15) is 11.8 Å². The number of rotatable bonds is 5. The third-order valence-electron chi connectivity index (χ3n) is 4.22. The normalized spacial score (nSPS) is 32.6. The van der Waals surface area contributed by atoms with Gasteiger partial charge < -0.3 is 20.5 Å². The van der Waals surface area contributed by atoms with Crippen molar-refractivity contribution >= 4 is 23.8 Å². The van der Waals surface area contributed by atoms with Crippen molar-refractivity contribution in [2.45, 2.75) is 62.0 Å². The van der Waals surface area contributed by atoms with Crippen molar-refractivity contribution in [1.82, 2.24) is 10.6 Å². The fraction of sp³-hybridized carbons (Fsp3) is 0.857. The van der Waals surface area contributed by atoms with E-state index in [9.17, 15) is 9.59 Å². The topological polar surface area (TPSA) is 87.7 Å². The number of nitrogens with one attached hydrogen (secondary N) is 2. The van der Waals surface area contributed by atoms with Gasteiger partial charge in [0.25, 0.3) is 0 Å². The molecule has 2 fully saturated rings. The van der Waals surface area contributed by atoms with E-state index in [2.05, 4.69) is 16.9 Å². The van der Waals surface area contributed by atoms with Crippen molar-refractivity contribution in [3.63, 3.8) is 0 Å². The Labute approximate surface area is 129 Å². The van der Waals surface area contributed by atoms with Crippen LogP contribution < -0.4 is 10.6 Å². The van der Waals surface area contributed by atoms with Gasteiger partial charge in [0.05, 0.1) is 6.10 Å². The quantitative estimate of drug-likeness (QED) is 0.717. The van der Waals surface area contributed by atoms with Crippen molar-refractivity contribution in [2.24, 2.45) is 0 Å². The van der Waals surface area contributed by atoms with Gasteiger partial charge in [-0.1, -0.05) is 0 Å². The van der Waals surface area contributed by atoms with Gasteiger partial charge in [-0.05, 0) is 44.8 Å². The van der Waals surface area contributed by atoms with E-state index in [0.717, 1.165) is 30.9 Å². The number of carbonyl (C=O) groups excluding carboxylic acids is 1. The van der Waals surface area contributed by atoms with Gasteiger partial charge in [0.1, 0.15) is 0 Å². The Bertz CT molecular complexity index is 372. The molecule has 0 bridgehead atoms. The summed E-state index contributed by atoms with van der Waals surface area (Å²) in [5.41, 5.74) is 0. The van der Waals surface area contributed by atoms with E-state index in [1.54, 1.807) is 0 Å². The van der Waals surface area contributed by atoms with Crippen molar-refractivity contribution in [2.75, 3.05) is 12.8 Å². The molecule has 1 aliphatic heterocycles. The molecule has 0 aromatic rings. The molecule has 2 rings (SSSR count). The van der Waals surface area contributed by atoms with Crippen LogP contribution in [0.2, 0.25) is 0 Å². The maximum atomic E-state index is 11.8. The zero-order valence-electron chi connectivity index (χ0n) is 12.3. The van der Waals surface area contributed by atoms with E-state index in [1.807, 2.05) is 11.8 Å². The van der Waals surface area contributed by atoms with Crippen LogP contribution in [0.4, 0.5) is 4.79 Å². The highest BCUT2D eigenvalue weighted by Crippen LogP contribution is 2.26. The summed E-state index contributed by atoms with van der Waals surface area (Å²) < 4.78 is 5.35. The van der Waals surface area contributed by atoms with Crippen LogP contribution in [0.25, 0.3) is 0 Å². The Morgan fingerprint density at radius 2 is 1.90 bits per heavy atom. The maximum absolute atomic E-state index is 11.8. The lowest BCUT2D eigenvalue weighted by atomic mass is 9.95. The minimum atomic E-state index is -0.924. The number of ether oxygens (including phenoxy) is 1. The lowest BCUT2D eigenvalue weighted by Gasteiger charge is -2.28. The third-order valence-corrected chi connectivity index (χ3v) is 5.35. The van der Waals surface area contributed by atoms with E-state index < -0.39 is 12.1 Å². The third kappa shape index (κ3) is 5.07. The minimum Gasteiger partial charge on any atom is -0.479 e. The Balaban J connectivity index is 1.61. The molecule has 6 nitrogen and oxygen atoms in total. The fourth-order valence-electron chi connectivity index (χ4n) is 2.92. The van der Waals surface area contributed by atoms with E-state index in [4.69, 9.17) is 9.84 Å². The molecule has 0 aromatic carbocycles. The van der Waals surface area contributed by atoms with Gasteiger partial charge in [0.2, 0.25) is 0 Å². The molecule has 1 saturated heterocycles. The number of thioether (sulfide) groups is 1. The van der Waals surface area contributed by atoms with E-state index in [-0.39, 0.29) is 18.2 Å². The second kappa shape index (κ2) is 7.89. The number of aliphatic carboxylic acids is 1. The molecule has 1 saturated carbocycles. The highest BCUT2D eigenvalue weighted by Gasteiger charge is 2.30. The second-order valence-electron chi connectivity index (χ2n) is 5.73. The average molecular weight is 316 g/mol. The number of carbonyl (C=O) groups is 2.